The standard InChI is InChI=1S/C22H20FNO4/c1-12-19(22(26)27-2)20(14-6-3-4-7-15(14)23)21-16(24-12)10-13(11-17(21)25)18-8-5-9-28-18/h3-9,13,20,24H,10-11H2,1-2H3/t13-,20+/m1/s1. The number of carbonyl (C=O) groups excluding carboxylic acids is 2. The fourth-order valence-corrected chi connectivity index (χ4v) is 4.16. The van der Waals surface area contributed by atoms with Crippen molar-refractivity contribution in [3.63, 3.8) is 0 Å². The lowest BCUT2D eigenvalue weighted by atomic mass is 9.72. The van der Waals surface area contributed by atoms with Crippen molar-refractivity contribution in [3.05, 3.63) is 82.3 Å². The van der Waals surface area contributed by atoms with Crippen LogP contribution in [0.5, 0.6) is 0 Å². The van der Waals surface area contributed by atoms with E-state index in [0.717, 1.165) is 5.76 Å². The molecule has 144 valence electrons. The van der Waals surface area contributed by atoms with Crippen LogP contribution in [-0.2, 0) is 14.3 Å². The number of Topliss-reactive ketones (excluding diaryl/α,β-unsaturated/α-hetero) is 1. The van der Waals surface area contributed by atoms with E-state index in [4.69, 9.17) is 9.15 Å². The van der Waals surface area contributed by atoms with Crippen LogP contribution in [0.1, 0.15) is 42.9 Å². The van der Waals surface area contributed by atoms with Crippen molar-refractivity contribution in [3.8, 4) is 0 Å². The molecule has 0 unspecified atom stereocenters. The molecule has 0 saturated carbocycles. The fourth-order valence-electron chi connectivity index (χ4n) is 4.16. The van der Waals surface area contributed by atoms with Gasteiger partial charge >= 0.3 is 5.97 Å². The number of esters is 1. The van der Waals surface area contributed by atoms with Gasteiger partial charge in [-0.1, -0.05) is 18.2 Å². The van der Waals surface area contributed by atoms with Gasteiger partial charge in [-0.05, 0) is 31.5 Å². The molecule has 0 amide bonds. The van der Waals surface area contributed by atoms with E-state index in [9.17, 15) is 14.0 Å². The molecule has 4 rings (SSSR count). The first-order chi connectivity index (χ1) is 13.5. The number of methoxy groups -OCH3 is 1. The van der Waals surface area contributed by atoms with Crippen LogP contribution in [0.3, 0.4) is 0 Å². The summed E-state index contributed by atoms with van der Waals surface area (Å²) in [4.78, 5) is 25.7. The number of nitrogens with one attached hydrogen (secondary N) is 1. The second-order valence-corrected chi connectivity index (χ2v) is 7.05. The van der Waals surface area contributed by atoms with Gasteiger partial charge in [0.25, 0.3) is 0 Å². The third-order valence-corrected chi connectivity index (χ3v) is 5.39. The maximum absolute atomic E-state index is 14.7. The number of hydrogen-bond donors (Lipinski definition) is 1. The predicted octanol–water partition coefficient (Wildman–Crippen LogP) is 3.95. The molecule has 0 saturated heterocycles. The van der Waals surface area contributed by atoms with E-state index in [2.05, 4.69) is 5.32 Å². The van der Waals surface area contributed by atoms with Gasteiger partial charge in [-0.15, -0.1) is 0 Å². The first-order valence-electron chi connectivity index (χ1n) is 9.11. The van der Waals surface area contributed by atoms with Gasteiger partial charge in [0.1, 0.15) is 11.6 Å². The minimum absolute atomic E-state index is 0.0949. The number of allylic oxidation sites excluding steroid dienone is 3. The van der Waals surface area contributed by atoms with Crippen LogP contribution in [0.2, 0.25) is 0 Å². The summed E-state index contributed by atoms with van der Waals surface area (Å²) < 4.78 is 25.1. The summed E-state index contributed by atoms with van der Waals surface area (Å²) in [6.45, 7) is 1.74. The molecule has 1 aliphatic carbocycles. The van der Waals surface area contributed by atoms with Crippen LogP contribution in [0.25, 0.3) is 0 Å². The molecule has 2 aliphatic rings. The summed E-state index contributed by atoms with van der Waals surface area (Å²) in [5.41, 5.74) is 2.25. The van der Waals surface area contributed by atoms with Gasteiger partial charge in [-0.25, -0.2) is 9.18 Å². The number of rotatable bonds is 3. The Labute approximate surface area is 161 Å². The van der Waals surface area contributed by atoms with E-state index in [1.54, 1.807) is 37.5 Å². The molecule has 0 spiro atoms. The minimum atomic E-state index is -0.796. The van der Waals surface area contributed by atoms with Crippen LogP contribution < -0.4 is 5.32 Å². The van der Waals surface area contributed by atoms with E-state index < -0.39 is 17.7 Å². The SMILES string of the molecule is COC(=O)C1=C(C)NC2=C(C(=O)C[C@H](c3ccco3)C2)[C@H]1c1ccccc1F. The van der Waals surface area contributed by atoms with E-state index >= 15 is 0 Å². The molecule has 6 heteroatoms. The van der Waals surface area contributed by atoms with Gasteiger partial charge in [-0.3, -0.25) is 4.79 Å². The maximum atomic E-state index is 14.7. The molecule has 1 aliphatic heterocycles. The first kappa shape index (κ1) is 18.2. The molecule has 2 aromatic rings. The minimum Gasteiger partial charge on any atom is -0.469 e. The molecule has 2 atom stereocenters. The molecule has 1 aromatic heterocycles. The van der Waals surface area contributed by atoms with E-state index in [1.165, 1.54) is 13.2 Å². The largest absolute Gasteiger partial charge is 0.469 e. The van der Waals surface area contributed by atoms with Gasteiger partial charge in [0.05, 0.1) is 24.9 Å². The molecule has 1 aromatic carbocycles. The monoisotopic (exact) mass is 381 g/mol. The van der Waals surface area contributed by atoms with Crippen LogP contribution in [0.15, 0.2) is 69.6 Å². The highest BCUT2D eigenvalue weighted by molar-refractivity contribution is 6.04. The molecular weight excluding hydrogens is 361 g/mol. The topological polar surface area (TPSA) is 68.5 Å². The number of hydrogen-bond acceptors (Lipinski definition) is 5. The van der Waals surface area contributed by atoms with Gasteiger partial charge in [0.2, 0.25) is 0 Å². The third kappa shape index (κ3) is 2.95. The van der Waals surface area contributed by atoms with Gasteiger partial charge in [0.15, 0.2) is 5.78 Å². The summed E-state index contributed by atoms with van der Waals surface area (Å²) in [5, 5.41) is 3.20. The Morgan fingerprint density at radius 2 is 2.00 bits per heavy atom. The van der Waals surface area contributed by atoms with Crippen molar-refractivity contribution >= 4 is 11.8 Å². The zero-order chi connectivity index (χ0) is 19.8. The second kappa shape index (κ2) is 7.11. The number of dihydropyridines is 1. The number of benzene rings is 1. The highest BCUT2D eigenvalue weighted by Crippen LogP contribution is 2.46. The Kier molecular flexibility index (Phi) is 4.63. The van der Waals surface area contributed by atoms with E-state index in [-0.39, 0.29) is 23.7 Å². The molecule has 28 heavy (non-hydrogen) atoms. The molecule has 1 N–H and O–H groups in total. The molecule has 0 bridgehead atoms. The zero-order valence-electron chi connectivity index (χ0n) is 15.6. The van der Waals surface area contributed by atoms with Gasteiger partial charge in [-0.2, -0.15) is 0 Å². The highest BCUT2D eigenvalue weighted by Gasteiger charge is 2.42. The first-order valence-corrected chi connectivity index (χ1v) is 9.11. The predicted molar refractivity (Wildman–Crippen MR) is 99.7 cm³/mol. The number of ether oxygens (including phenoxy) is 1. The van der Waals surface area contributed by atoms with Crippen LogP contribution in [0, 0.1) is 5.82 Å². The Bertz CT molecular complexity index is 1000. The van der Waals surface area contributed by atoms with Crippen molar-refractivity contribution in [1.29, 1.82) is 0 Å². The summed E-state index contributed by atoms with van der Waals surface area (Å²) in [5.74, 6) is -1.32. The molecule has 2 heterocycles. The average molecular weight is 381 g/mol. The molecule has 0 radical (unpaired) electrons. The Balaban J connectivity index is 1.85. The number of carbonyl (C=O) groups is 2. The number of ketones is 1. The summed E-state index contributed by atoms with van der Waals surface area (Å²) >= 11 is 0. The summed E-state index contributed by atoms with van der Waals surface area (Å²) in [7, 11) is 1.28. The fraction of sp³-hybridized carbons (Fsp3) is 0.273. The van der Waals surface area contributed by atoms with E-state index in [0.29, 0.717) is 29.0 Å². The van der Waals surface area contributed by atoms with Crippen molar-refractivity contribution in [1.82, 2.24) is 5.32 Å². The van der Waals surface area contributed by atoms with Crippen LogP contribution in [-0.4, -0.2) is 18.9 Å². The smallest absolute Gasteiger partial charge is 0.336 e. The number of halogens is 1. The van der Waals surface area contributed by atoms with Crippen molar-refractivity contribution < 1.29 is 23.1 Å². The maximum Gasteiger partial charge on any atom is 0.336 e. The Morgan fingerprint density at radius 1 is 1.21 bits per heavy atom. The van der Waals surface area contributed by atoms with Crippen molar-refractivity contribution in [2.75, 3.05) is 7.11 Å². The molecular formula is C22H20FNO4. The lowest BCUT2D eigenvalue weighted by Crippen LogP contribution is -2.36. The lowest BCUT2D eigenvalue weighted by molar-refractivity contribution is -0.136. The summed E-state index contributed by atoms with van der Waals surface area (Å²) in [6, 6.07) is 9.87. The number of furan rings is 1. The Hall–Kier alpha value is -3.15. The van der Waals surface area contributed by atoms with Gasteiger partial charge in [0, 0.05) is 34.9 Å². The molecule has 0 fully saturated rings. The quantitative estimate of drug-likeness (QED) is 0.816. The van der Waals surface area contributed by atoms with Crippen molar-refractivity contribution in [2.24, 2.45) is 0 Å². The van der Waals surface area contributed by atoms with Crippen LogP contribution in [0.4, 0.5) is 4.39 Å². The average Bonchev–Trinajstić information content (AvgIpc) is 3.21. The summed E-state index contributed by atoms with van der Waals surface area (Å²) in [6.07, 6.45) is 2.37. The third-order valence-electron chi connectivity index (χ3n) is 5.39. The normalized spacial score (nSPS) is 22.0. The Morgan fingerprint density at radius 3 is 2.68 bits per heavy atom. The van der Waals surface area contributed by atoms with Gasteiger partial charge < -0.3 is 14.5 Å². The van der Waals surface area contributed by atoms with Crippen molar-refractivity contribution in [2.45, 2.75) is 31.6 Å². The second-order valence-electron chi connectivity index (χ2n) is 7.05. The van der Waals surface area contributed by atoms with Crippen LogP contribution >= 0.6 is 0 Å². The lowest BCUT2D eigenvalue weighted by Gasteiger charge is -2.36. The zero-order valence-corrected chi connectivity index (χ0v) is 15.6. The highest BCUT2D eigenvalue weighted by atomic mass is 19.1. The van der Waals surface area contributed by atoms with E-state index in [1.807, 2.05) is 6.07 Å². The molecule has 5 nitrogen and oxygen atoms in total.